The van der Waals surface area contributed by atoms with E-state index in [1.54, 1.807) is 7.05 Å². The third kappa shape index (κ3) is 7.93. The Kier molecular flexibility index (Phi) is 9.77. The van der Waals surface area contributed by atoms with Gasteiger partial charge in [0.1, 0.15) is 5.75 Å². The first-order valence-corrected chi connectivity index (χ1v) is 10.7. The van der Waals surface area contributed by atoms with Crippen molar-refractivity contribution < 1.29 is 9.53 Å². The number of carbonyl (C=O) groups is 1. The number of likely N-dealkylation sites (tertiary alicyclic amines) is 1. The molecule has 7 nitrogen and oxygen atoms in total. The van der Waals surface area contributed by atoms with Crippen molar-refractivity contribution in [2.24, 2.45) is 16.6 Å². The summed E-state index contributed by atoms with van der Waals surface area (Å²) in [4.78, 5) is 18.0. The highest BCUT2D eigenvalue weighted by molar-refractivity contribution is 5.79. The van der Waals surface area contributed by atoms with Gasteiger partial charge in [0, 0.05) is 32.2 Å². The highest BCUT2D eigenvalue weighted by atomic mass is 16.5. The Hall–Kier alpha value is -2.28. The van der Waals surface area contributed by atoms with Crippen LogP contribution in [-0.2, 0) is 11.3 Å². The fraction of sp³-hybridized carbons (Fsp3) is 0.636. The molecule has 1 aromatic carbocycles. The molecule has 162 valence electrons. The average molecular weight is 404 g/mol. The molecule has 0 aliphatic carbocycles. The molecule has 29 heavy (non-hydrogen) atoms. The predicted molar refractivity (Wildman–Crippen MR) is 118 cm³/mol. The lowest BCUT2D eigenvalue weighted by atomic mass is 9.97. The van der Waals surface area contributed by atoms with Crippen molar-refractivity contribution in [2.45, 2.75) is 46.1 Å². The van der Waals surface area contributed by atoms with E-state index in [4.69, 9.17) is 10.5 Å². The second-order valence-corrected chi connectivity index (χ2v) is 7.71. The Morgan fingerprint density at radius 1 is 1.38 bits per heavy atom. The Bertz CT molecular complexity index is 677. The number of aliphatic imine (C=N–C) groups is 1. The maximum atomic E-state index is 11.4. The standard InChI is InChI=1S/C22H37N5O2/c1-4-13-29-20-14-17(2)8-9-18(20)15-26-22(24-3)25-10-6-12-27-11-5-7-19(16-27)21(23)28/h8-9,14,19H,4-7,10-13,15-16H2,1-3H3,(H2,23,28)(H2,24,25,26). The smallest absolute Gasteiger partial charge is 0.221 e. The first-order valence-electron chi connectivity index (χ1n) is 10.7. The van der Waals surface area contributed by atoms with Crippen LogP contribution in [0.3, 0.4) is 0 Å². The number of guanidine groups is 1. The molecule has 0 radical (unpaired) electrons. The molecule has 1 atom stereocenters. The van der Waals surface area contributed by atoms with Crippen molar-refractivity contribution in [1.82, 2.24) is 15.5 Å². The summed E-state index contributed by atoms with van der Waals surface area (Å²) < 4.78 is 5.89. The van der Waals surface area contributed by atoms with E-state index in [9.17, 15) is 4.79 Å². The molecule has 7 heteroatoms. The lowest BCUT2D eigenvalue weighted by Crippen LogP contribution is -2.42. The lowest BCUT2D eigenvalue weighted by molar-refractivity contribution is -0.123. The maximum absolute atomic E-state index is 11.4. The topological polar surface area (TPSA) is 92.0 Å². The van der Waals surface area contributed by atoms with E-state index in [1.807, 2.05) is 0 Å². The van der Waals surface area contributed by atoms with Crippen molar-refractivity contribution in [3.8, 4) is 5.75 Å². The van der Waals surface area contributed by atoms with Crippen LogP contribution in [-0.4, -0.2) is 56.6 Å². The molecule has 0 aromatic heterocycles. The summed E-state index contributed by atoms with van der Waals surface area (Å²) >= 11 is 0. The Balaban J connectivity index is 1.74. The van der Waals surface area contributed by atoms with Crippen LogP contribution in [0, 0.1) is 12.8 Å². The number of carbonyl (C=O) groups excluding carboxylic acids is 1. The van der Waals surface area contributed by atoms with Crippen LogP contribution in [0.5, 0.6) is 5.75 Å². The first kappa shape index (κ1) is 23.0. The number of rotatable bonds is 10. The van der Waals surface area contributed by atoms with Crippen LogP contribution in [0.25, 0.3) is 0 Å². The van der Waals surface area contributed by atoms with E-state index in [1.165, 1.54) is 5.56 Å². The number of nitrogens with two attached hydrogens (primary N) is 1. The second kappa shape index (κ2) is 12.3. The number of benzene rings is 1. The number of nitrogens with zero attached hydrogens (tertiary/aromatic N) is 2. The molecular formula is C22H37N5O2. The largest absolute Gasteiger partial charge is 0.493 e. The van der Waals surface area contributed by atoms with E-state index < -0.39 is 0 Å². The number of piperidine rings is 1. The zero-order chi connectivity index (χ0) is 21.1. The number of ether oxygens (including phenoxy) is 1. The lowest BCUT2D eigenvalue weighted by Gasteiger charge is -2.31. The summed E-state index contributed by atoms with van der Waals surface area (Å²) in [5.41, 5.74) is 7.77. The fourth-order valence-electron chi connectivity index (χ4n) is 3.55. The molecule has 1 aromatic rings. The summed E-state index contributed by atoms with van der Waals surface area (Å²) in [5.74, 6) is 1.55. The minimum absolute atomic E-state index is 0.00442. The minimum atomic E-state index is -0.171. The molecule has 2 rings (SSSR count). The van der Waals surface area contributed by atoms with Gasteiger partial charge in [-0.25, -0.2) is 0 Å². The molecule has 0 bridgehead atoms. The van der Waals surface area contributed by atoms with E-state index in [2.05, 4.69) is 52.6 Å². The number of nitrogens with one attached hydrogen (secondary N) is 2. The molecule has 1 aliphatic heterocycles. The zero-order valence-electron chi connectivity index (χ0n) is 18.2. The van der Waals surface area contributed by atoms with Crippen LogP contribution in [0.15, 0.2) is 23.2 Å². The zero-order valence-corrected chi connectivity index (χ0v) is 18.2. The summed E-state index contributed by atoms with van der Waals surface area (Å²) in [6.45, 7) is 9.18. The van der Waals surface area contributed by atoms with Gasteiger partial charge in [-0.15, -0.1) is 0 Å². The van der Waals surface area contributed by atoms with Crippen molar-refractivity contribution in [1.29, 1.82) is 0 Å². The summed E-state index contributed by atoms with van der Waals surface area (Å²) in [7, 11) is 1.78. The predicted octanol–water partition coefficient (Wildman–Crippen LogP) is 2.04. The van der Waals surface area contributed by atoms with Gasteiger partial charge in [-0.2, -0.15) is 0 Å². The Morgan fingerprint density at radius 3 is 2.93 bits per heavy atom. The van der Waals surface area contributed by atoms with Crippen LogP contribution in [0.4, 0.5) is 0 Å². The van der Waals surface area contributed by atoms with Gasteiger partial charge >= 0.3 is 0 Å². The third-order valence-corrected chi connectivity index (χ3v) is 5.21. The van der Waals surface area contributed by atoms with Gasteiger partial charge in [0.2, 0.25) is 5.91 Å². The van der Waals surface area contributed by atoms with Gasteiger partial charge < -0.3 is 26.0 Å². The summed E-state index contributed by atoms with van der Waals surface area (Å²) in [6, 6.07) is 6.29. The average Bonchev–Trinajstić information content (AvgIpc) is 2.72. The molecule has 0 saturated carbocycles. The van der Waals surface area contributed by atoms with Crippen molar-refractivity contribution in [3.05, 3.63) is 29.3 Å². The number of hydrogen-bond donors (Lipinski definition) is 3. The SMILES string of the molecule is CCCOc1cc(C)ccc1CNC(=NC)NCCCN1CCCC(C(N)=O)C1. The number of aryl methyl sites for hydroxylation is 1. The first-order chi connectivity index (χ1) is 14.0. The van der Waals surface area contributed by atoms with Gasteiger partial charge in [0.15, 0.2) is 5.96 Å². The van der Waals surface area contributed by atoms with Crippen molar-refractivity contribution in [2.75, 3.05) is 39.8 Å². The Morgan fingerprint density at radius 2 is 2.21 bits per heavy atom. The van der Waals surface area contributed by atoms with E-state index in [0.29, 0.717) is 6.54 Å². The monoisotopic (exact) mass is 403 g/mol. The van der Waals surface area contributed by atoms with Crippen molar-refractivity contribution in [3.63, 3.8) is 0 Å². The fourth-order valence-corrected chi connectivity index (χ4v) is 3.55. The molecule has 4 N–H and O–H groups in total. The highest BCUT2D eigenvalue weighted by Gasteiger charge is 2.23. The van der Waals surface area contributed by atoms with E-state index >= 15 is 0 Å². The highest BCUT2D eigenvalue weighted by Crippen LogP contribution is 2.20. The molecular weight excluding hydrogens is 366 g/mol. The molecule has 0 spiro atoms. The second-order valence-electron chi connectivity index (χ2n) is 7.71. The molecule has 1 heterocycles. The van der Waals surface area contributed by atoms with Gasteiger partial charge in [-0.1, -0.05) is 19.1 Å². The maximum Gasteiger partial charge on any atom is 0.221 e. The molecule has 1 aliphatic rings. The number of amides is 1. The quantitative estimate of drug-likeness (QED) is 0.316. The minimum Gasteiger partial charge on any atom is -0.493 e. The van der Waals surface area contributed by atoms with Crippen LogP contribution < -0.4 is 21.1 Å². The molecule has 1 amide bonds. The van der Waals surface area contributed by atoms with Crippen LogP contribution in [0.2, 0.25) is 0 Å². The summed E-state index contributed by atoms with van der Waals surface area (Å²) in [6.07, 6.45) is 3.94. The van der Waals surface area contributed by atoms with Gasteiger partial charge in [-0.3, -0.25) is 9.79 Å². The number of hydrogen-bond acceptors (Lipinski definition) is 4. The number of primary amides is 1. The van der Waals surface area contributed by atoms with Gasteiger partial charge in [-0.05, 0) is 57.3 Å². The van der Waals surface area contributed by atoms with Crippen molar-refractivity contribution >= 4 is 11.9 Å². The molecule has 1 fully saturated rings. The van der Waals surface area contributed by atoms with Gasteiger partial charge in [0.25, 0.3) is 0 Å². The normalized spacial score (nSPS) is 17.8. The third-order valence-electron chi connectivity index (χ3n) is 5.21. The summed E-state index contributed by atoms with van der Waals surface area (Å²) in [5, 5.41) is 6.73. The molecule has 1 unspecified atom stereocenters. The molecule has 1 saturated heterocycles. The van der Waals surface area contributed by atoms with Gasteiger partial charge in [0.05, 0.1) is 12.5 Å². The van der Waals surface area contributed by atoms with E-state index in [0.717, 1.165) is 75.7 Å². The van der Waals surface area contributed by atoms with Crippen LogP contribution >= 0.6 is 0 Å². The Labute approximate surface area is 175 Å². The van der Waals surface area contributed by atoms with Crippen LogP contribution in [0.1, 0.15) is 43.7 Å². The van der Waals surface area contributed by atoms with E-state index in [-0.39, 0.29) is 11.8 Å².